The number of nitrogens with zero attached hydrogens (tertiary/aromatic N) is 1. The first-order chi connectivity index (χ1) is 9.17. The molecule has 0 aliphatic heterocycles. The Morgan fingerprint density at radius 2 is 2.11 bits per heavy atom. The van der Waals surface area contributed by atoms with Gasteiger partial charge in [0.25, 0.3) is 0 Å². The van der Waals surface area contributed by atoms with E-state index < -0.39 is 5.82 Å². The summed E-state index contributed by atoms with van der Waals surface area (Å²) >= 11 is 5.93. The lowest BCUT2D eigenvalue weighted by molar-refractivity contribution is 0.614. The summed E-state index contributed by atoms with van der Waals surface area (Å²) in [6.45, 7) is 0.434. The zero-order valence-corrected chi connectivity index (χ0v) is 10.6. The van der Waals surface area contributed by atoms with Gasteiger partial charge >= 0.3 is 0 Å². The fraction of sp³-hybridized carbons (Fsp3) is 0.0714. The second-order valence-electron chi connectivity index (χ2n) is 4.16. The van der Waals surface area contributed by atoms with Gasteiger partial charge in [-0.1, -0.05) is 23.7 Å². The molecule has 0 bridgehead atoms. The minimum absolute atomic E-state index is 0.212. The number of fused-ring (bicyclic) bond motifs is 1. The average molecular weight is 277 g/mol. The van der Waals surface area contributed by atoms with Gasteiger partial charge in [-0.05, 0) is 23.8 Å². The van der Waals surface area contributed by atoms with Crippen molar-refractivity contribution in [3.63, 3.8) is 0 Å². The van der Waals surface area contributed by atoms with Crippen molar-refractivity contribution in [1.82, 2.24) is 4.98 Å². The molecule has 2 aromatic carbocycles. The van der Waals surface area contributed by atoms with Crippen molar-refractivity contribution in [2.45, 2.75) is 6.54 Å². The van der Waals surface area contributed by atoms with Crippen LogP contribution in [0.25, 0.3) is 22.6 Å². The van der Waals surface area contributed by atoms with Crippen LogP contribution in [0.4, 0.5) is 4.39 Å². The standard InChI is InChI=1S/C14H10ClFN2O/c15-11-5-10(16)6-12-13(11)19-14(18-12)9-3-1-2-8(4-9)7-17/h1-6H,7,17H2. The smallest absolute Gasteiger partial charge is 0.227 e. The molecule has 0 spiro atoms. The monoisotopic (exact) mass is 276 g/mol. The van der Waals surface area contributed by atoms with Gasteiger partial charge in [0, 0.05) is 18.2 Å². The average Bonchev–Trinajstić information content (AvgIpc) is 2.83. The molecule has 3 aromatic rings. The van der Waals surface area contributed by atoms with Gasteiger partial charge in [-0.25, -0.2) is 9.37 Å². The van der Waals surface area contributed by atoms with Crippen molar-refractivity contribution in [1.29, 1.82) is 0 Å². The number of nitrogens with two attached hydrogens (primary N) is 1. The minimum atomic E-state index is -0.437. The SMILES string of the molecule is NCc1cccc(-c2nc3cc(F)cc(Cl)c3o2)c1. The van der Waals surface area contributed by atoms with Crippen LogP contribution in [0.1, 0.15) is 5.56 Å². The number of rotatable bonds is 2. The Labute approximate surface area is 113 Å². The predicted octanol–water partition coefficient (Wildman–Crippen LogP) is 3.75. The molecule has 0 fully saturated rings. The third-order valence-electron chi connectivity index (χ3n) is 2.82. The second kappa shape index (κ2) is 4.64. The van der Waals surface area contributed by atoms with E-state index in [1.807, 2.05) is 24.3 Å². The van der Waals surface area contributed by atoms with Crippen LogP contribution in [0.15, 0.2) is 40.8 Å². The van der Waals surface area contributed by atoms with Crippen LogP contribution in [0.3, 0.4) is 0 Å². The van der Waals surface area contributed by atoms with E-state index in [4.69, 9.17) is 21.8 Å². The van der Waals surface area contributed by atoms with Gasteiger partial charge in [-0.2, -0.15) is 0 Å². The summed E-state index contributed by atoms with van der Waals surface area (Å²) in [5.74, 6) is -0.0362. The molecule has 2 N–H and O–H groups in total. The van der Waals surface area contributed by atoms with Gasteiger partial charge < -0.3 is 10.2 Å². The van der Waals surface area contributed by atoms with Gasteiger partial charge in [-0.3, -0.25) is 0 Å². The molecule has 96 valence electrons. The Hall–Kier alpha value is -1.91. The van der Waals surface area contributed by atoms with Gasteiger partial charge in [0.1, 0.15) is 11.3 Å². The Kier molecular flexibility index (Phi) is 2.97. The summed E-state index contributed by atoms with van der Waals surface area (Å²) in [6.07, 6.45) is 0. The van der Waals surface area contributed by atoms with E-state index in [1.165, 1.54) is 12.1 Å². The molecule has 5 heteroatoms. The summed E-state index contributed by atoms with van der Waals surface area (Å²) < 4.78 is 18.8. The van der Waals surface area contributed by atoms with E-state index in [-0.39, 0.29) is 5.02 Å². The normalized spacial score (nSPS) is 11.1. The molecule has 0 atom stereocenters. The third-order valence-corrected chi connectivity index (χ3v) is 3.10. The van der Waals surface area contributed by atoms with Crippen molar-refractivity contribution in [3.05, 3.63) is 52.8 Å². The maximum atomic E-state index is 13.2. The van der Waals surface area contributed by atoms with Crippen LogP contribution < -0.4 is 5.73 Å². The fourth-order valence-electron chi connectivity index (χ4n) is 1.91. The Balaban J connectivity index is 2.17. The van der Waals surface area contributed by atoms with Crippen molar-refractivity contribution in [2.24, 2.45) is 5.73 Å². The van der Waals surface area contributed by atoms with E-state index in [2.05, 4.69) is 4.98 Å². The van der Waals surface area contributed by atoms with Crippen molar-refractivity contribution in [3.8, 4) is 11.5 Å². The summed E-state index contributed by atoms with van der Waals surface area (Å²) in [5, 5.41) is 0.212. The molecule has 0 unspecified atom stereocenters. The minimum Gasteiger partial charge on any atom is -0.435 e. The fourth-order valence-corrected chi connectivity index (χ4v) is 2.15. The summed E-state index contributed by atoms with van der Waals surface area (Å²) in [5.41, 5.74) is 8.14. The molecule has 0 amide bonds. The highest BCUT2D eigenvalue weighted by atomic mass is 35.5. The number of halogens is 2. The molecule has 19 heavy (non-hydrogen) atoms. The van der Waals surface area contributed by atoms with Gasteiger partial charge in [0.15, 0.2) is 5.58 Å². The highest BCUT2D eigenvalue weighted by Gasteiger charge is 2.12. The Morgan fingerprint density at radius 3 is 2.89 bits per heavy atom. The first kappa shape index (κ1) is 12.1. The van der Waals surface area contributed by atoms with Gasteiger partial charge in [-0.15, -0.1) is 0 Å². The third kappa shape index (κ3) is 2.20. The number of hydrogen-bond acceptors (Lipinski definition) is 3. The molecular weight excluding hydrogens is 267 g/mol. The maximum Gasteiger partial charge on any atom is 0.227 e. The van der Waals surface area contributed by atoms with Crippen LogP contribution in [0, 0.1) is 5.82 Å². The lowest BCUT2D eigenvalue weighted by Crippen LogP contribution is -1.95. The van der Waals surface area contributed by atoms with Crippen molar-refractivity contribution < 1.29 is 8.81 Å². The summed E-state index contributed by atoms with van der Waals surface area (Å²) in [6, 6.07) is 10.0. The zero-order chi connectivity index (χ0) is 13.4. The molecule has 0 radical (unpaired) electrons. The number of hydrogen-bond donors (Lipinski definition) is 1. The molecular formula is C14H10ClFN2O. The van der Waals surface area contributed by atoms with Crippen LogP contribution in [0.2, 0.25) is 5.02 Å². The van der Waals surface area contributed by atoms with Gasteiger partial charge in [0.2, 0.25) is 5.89 Å². The van der Waals surface area contributed by atoms with Gasteiger partial charge in [0.05, 0.1) is 5.02 Å². The van der Waals surface area contributed by atoms with E-state index in [9.17, 15) is 4.39 Å². The molecule has 0 saturated heterocycles. The van der Waals surface area contributed by atoms with Crippen LogP contribution in [-0.4, -0.2) is 4.98 Å². The number of oxazole rings is 1. The van der Waals surface area contributed by atoms with Crippen LogP contribution in [0.5, 0.6) is 0 Å². The quantitative estimate of drug-likeness (QED) is 0.775. The Bertz CT molecular complexity index is 754. The molecule has 1 heterocycles. The topological polar surface area (TPSA) is 52.0 Å². The summed E-state index contributed by atoms with van der Waals surface area (Å²) in [7, 11) is 0. The first-order valence-corrected chi connectivity index (χ1v) is 6.10. The lowest BCUT2D eigenvalue weighted by Gasteiger charge is -1.98. The first-order valence-electron chi connectivity index (χ1n) is 5.72. The summed E-state index contributed by atoms with van der Waals surface area (Å²) in [4.78, 5) is 4.25. The highest BCUT2D eigenvalue weighted by molar-refractivity contribution is 6.34. The molecule has 0 saturated carbocycles. The second-order valence-corrected chi connectivity index (χ2v) is 4.57. The molecule has 3 rings (SSSR count). The maximum absolute atomic E-state index is 13.2. The number of benzene rings is 2. The predicted molar refractivity (Wildman–Crippen MR) is 72.3 cm³/mol. The highest BCUT2D eigenvalue weighted by Crippen LogP contribution is 2.30. The van der Waals surface area contributed by atoms with E-state index >= 15 is 0 Å². The number of aromatic nitrogens is 1. The molecule has 3 nitrogen and oxygen atoms in total. The van der Waals surface area contributed by atoms with Crippen LogP contribution in [-0.2, 0) is 6.54 Å². The van der Waals surface area contributed by atoms with Crippen molar-refractivity contribution in [2.75, 3.05) is 0 Å². The molecule has 0 aliphatic rings. The Morgan fingerprint density at radius 1 is 1.26 bits per heavy atom. The van der Waals surface area contributed by atoms with Crippen LogP contribution >= 0.6 is 11.6 Å². The van der Waals surface area contributed by atoms with Crippen molar-refractivity contribution >= 4 is 22.7 Å². The molecule has 1 aromatic heterocycles. The lowest BCUT2D eigenvalue weighted by atomic mass is 10.1. The molecule has 0 aliphatic carbocycles. The van der Waals surface area contributed by atoms with E-state index in [0.29, 0.717) is 23.5 Å². The van der Waals surface area contributed by atoms with E-state index in [1.54, 1.807) is 0 Å². The van der Waals surface area contributed by atoms with E-state index in [0.717, 1.165) is 11.1 Å². The zero-order valence-electron chi connectivity index (χ0n) is 9.86. The largest absolute Gasteiger partial charge is 0.435 e.